The van der Waals surface area contributed by atoms with Crippen molar-refractivity contribution in [2.45, 2.75) is 51.6 Å². The number of pyridine rings is 2. The van der Waals surface area contributed by atoms with E-state index in [0.29, 0.717) is 39.3 Å². The average molecular weight is 591 g/mol. The van der Waals surface area contributed by atoms with Gasteiger partial charge in [-0.1, -0.05) is 0 Å². The van der Waals surface area contributed by atoms with Gasteiger partial charge in [0.2, 0.25) is 0 Å². The number of nitrogens with zero attached hydrogens (tertiary/aromatic N) is 6. The molecule has 0 atom stereocenters. The third kappa shape index (κ3) is 5.16. The Bertz CT molecular complexity index is 2170. The second kappa shape index (κ2) is 10.9. The molecule has 8 nitrogen and oxygen atoms in total. The molecule has 0 aliphatic heterocycles. The Morgan fingerprint density at radius 3 is 1.75 bits per heavy atom. The lowest BCUT2D eigenvalue weighted by molar-refractivity contribution is 0.627. The molecule has 0 amide bonds. The van der Waals surface area contributed by atoms with E-state index in [1.54, 1.807) is 45.8 Å². The van der Waals surface area contributed by atoms with E-state index in [9.17, 15) is 18.4 Å². The van der Waals surface area contributed by atoms with Crippen LogP contribution in [0.5, 0.6) is 0 Å². The van der Waals surface area contributed by atoms with Gasteiger partial charge in [0.25, 0.3) is 11.1 Å². The minimum Gasteiger partial charge on any atom is -0.286 e. The van der Waals surface area contributed by atoms with Gasteiger partial charge < -0.3 is 0 Å². The topological polar surface area (TPSA) is 95.6 Å². The van der Waals surface area contributed by atoms with Crippen molar-refractivity contribution in [3.05, 3.63) is 117 Å². The van der Waals surface area contributed by atoms with Gasteiger partial charge in [0.05, 0.1) is 0 Å². The summed E-state index contributed by atoms with van der Waals surface area (Å²) in [4.78, 5) is 43.4. The lowest BCUT2D eigenvalue weighted by Gasteiger charge is -2.12. The first-order valence-corrected chi connectivity index (χ1v) is 14.6. The van der Waals surface area contributed by atoms with Crippen LogP contribution in [-0.4, -0.2) is 29.1 Å². The molecule has 6 aromatic rings. The van der Waals surface area contributed by atoms with Gasteiger partial charge in [0, 0.05) is 35.6 Å². The molecule has 0 N–H and O–H groups in total. The SMILES string of the molecule is Cc1ccnc2c1nc(-c1ccc(F)cc1)c(=O)n2C1CC1.Cc1cnc2c(c1)nc(-c1ccc(F)cc1)c(=O)n2C1CC1. The Balaban J connectivity index is 0.000000142. The largest absolute Gasteiger partial charge is 0.286 e. The van der Waals surface area contributed by atoms with E-state index < -0.39 is 0 Å². The zero-order chi connectivity index (χ0) is 30.5. The van der Waals surface area contributed by atoms with Gasteiger partial charge >= 0.3 is 0 Å². The summed E-state index contributed by atoms with van der Waals surface area (Å²) in [6, 6.07) is 15.9. The Morgan fingerprint density at radius 1 is 0.682 bits per heavy atom. The van der Waals surface area contributed by atoms with E-state index in [-0.39, 0.29) is 34.8 Å². The van der Waals surface area contributed by atoms with Gasteiger partial charge in [-0.05, 0) is 111 Å². The molecular weight excluding hydrogens is 562 g/mol. The van der Waals surface area contributed by atoms with Gasteiger partial charge in [-0.25, -0.2) is 28.7 Å². The van der Waals surface area contributed by atoms with Crippen molar-refractivity contribution >= 4 is 22.3 Å². The zero-order valence-corrected chi connectivity index (χ0v) is 24.2. The molecule has 220 valence electrons. The number of rotatable bonds is 4. The summed E-state index contributed by atoms with van der Waals surface area (Å²) < 4.78 is 29.7. The van der Waals surface area contributed by atoms with Crippen LogP contribution in [0.3, 0.4) is 0 Å². The molecule has 0 saturated heterocycles. The highest BCUT2D eigenvalue weighted by Gasteiger charge is 2.30. The predicted octanol–water partition coefficient (Wildman–Crippen LogP) is 6.48. The molecule has 4 aromatic heterocycles. The summed E-state index contributed by atoms with van der Waals surface area (Å²) in [6.07, 6.45) is 7.39. The van der Waals surface area contributed by atoms with Crippen LogP contribution >= 0.6 is 0 Å². The third-order valence-electron chi connectivity index (χ3n) is 7.90. The standard InChI is InChI=1S/2C17H14FN3O/c1-10-8-14-16(19-9-10)21(13-6-7-13)17(22)15(20-14)11-2-4-12(18)5-3-11;1-10-8-9-19-16-14(10)20-15(11-2-4-12(18)5-3-11)17(22)21(16)13-6-7-13/h2*2-5,8-9,13H,6-7H2,1H3. The number of hydrogen-bond donors (Lipinski definition) is 0. The van der Waals surface area contributed by atoms with Crippen molar-refractivity contribution in [1.82, 2.24) is 29.1 Å². The van der Waals surface area contributed by atoms with E-state index >= 15 is 0 Å². The van der Waals surface area contributed by atoms with Gasteiger partial charge in [0.15, 0.2) is 11.3 Å². The maximum absolute atomic E-state index is 13.1. The molecule has 44 heavy (non-hydrogen) atoms. The van der Waals surface area contributed by atoms with Crippen molar-refractivity contribution in [3.8, 4) is 22.5 Å². The molecule has 0 unspecified atom stereocenters. The van der Waals surface area contributed by atoms with Crippen LogP contribution in [0.15, 0.2) is 82.6 Å². The van der Waals surface area contributed by atoms with Crippen LogP contribution in [0, 0.1) is 25.5 Å². The Morgan fingerprint density at radius 2 is 1.20 bits per heavy atom. The average Bonchev–Trinajstić information content (AvgIpc) is 3.94. The predicted molar refractivity (Wildman–Crippen MR) is 164 cm³/mol. The fraction of sp³-hybridized carbons (Fsp3) is 0.235. The van der Waals surface area contributed by atoms with Crippen LogP contribution in [0.2, 0.25) is 0 Å². The first-order chi connectivity index (χ1) is 21.3. The normalized spacial score (nSPS) is 14.5. The summed E-state index contributed by atoms with van der Waals surface area (Å²) >= 11 is 0. The van der Waals surface area contributed by atoms with E-state index in [0.717, 1.165) is 42.3 Å². The number of hydrogen-bond acceptors (Lipinski definition) is 6. The summed E-state index contributed by atoms with van der Waals surface area (Å²) in [5.41, 5.74) is 6.32. The fourth-order valence-electron chi connectivity index (χ4n) is 5.35. The first kappa shape index (κ1) is 27.7. The van der Waals surface area contributed by atoms with E-state index in [2.05, 4.69) is 19.9 Å². The van der Waals surface area contributed by atoms with Crippen LogP contribution in [0.4, 0.5) is 8.78 Å². The molecule has 0 radical (unpaired) electrons. The fourth-order valence-corrected chi connectivity index (χ4v) is 5.35. The van der Waals surface area contributed by atoms with Crippen LogP contribution in [-0.2, 0) is 0 Å². The van der Waals surface area contributed by atoms with Crippen molar-refractivity contribution in [3.63, 3.8) is 0 Å². The molecular formula is C34H28F2N6O2. The van der Waals surface area contributed by atoms with Gasteiger partial charge in [-0.2, -0.15) is 0 Å². The highest BCUT2D eigenvalue weighted by atomic mass is 19.1. The summed E-state index contributed by atoms with van der Waals surface area (Å²) in [7, 11) is 0. The number of fused-ring (bicyclic) bond motifs is 2. The second-order valence-corrected chi connectivity index (χ2v) is 11.4. The van der Waals surface area contributed by atoms with Crippen molar-refractivity contribution < 1.29 is 8.78 Å². The van der Waals surface area contributed by atoms with Crippen molar-refractivity contribution in [2.24, 2.45) is 0 Å². The maximum atomic E-state index is 13.1. The summed E-state index contributed by atoms with van der Waals surface area (Å²) in [5.74, 6) is -0.658. The van der Waals surface area contributed by atoms with Crippen LogP contribution < -0.4 is 11.1 Å². The monoisotopic (exact) mass is 590 g/mol. The minimum absolute atomic E-state index is 0.153. The van der Waals surface area contributed by atoms with Gasteiger partial charge in [-0.15, -0.1) is 0 Å². The maximum Gasteiger partial charge on any atom is 0.278 e. The second-order valence-electron chi connectivity index (χ2n) is 11.4. The van der Waals surface area contributed by atoms with E-state index in [1.165, 1.54) is 24.3 Å². The summed E-state index contributed by atoms with van der Waals surface area (Å²) in [5, 5.41) is 0. The first-order valence-electron chi connectivity index (χ1n) is 14.6. The van der Waals surface area contributed by atoms with Crippen molar-refractivity contribution in [1.29, 1.82) is 0 Å². The number of benzene rings is 2. The lowest BCUT2D eigenvalue weighted by Crippen LogP contribution is -2.23. The van der Waals surface area contributed by atoms with Crippen LogP contribution in [0.1, 0.15) is 48.9 Å². The zero-order valence-electron chi connectivity index (χ0n) is 24.2. The Labute approximate surface area is 250 Å². The molecule has 2 fully saturated rings. The Hall–Kier alpha value is -5.12. The third-order valence-corrected chi connectivity index (χ3v) is 7.90. The van der Waals surface area contributed by atoms with Crippen LogP contribution in [0.25, 0.3) is 44.8 Å². The number of halogens is 2. The molecule has 2 aliphatic carbocycles. The Kier molecular flexibility index (Phi) is 6.84. The number of aryl methyl sites for hydroxylation is 2. The molecule has 2 aliphatic rings. The molecule has 2 aromatic carbocycles. The smallest absolute Gasteiger partial charge is 0.278 e. The molecule has 8 rings (SSSR count). The van der Waals surface area contributed by atoms with Gasteiger partial charge in [-0.3, -0.25) is 18.7 Å². The van der Waals surface area contributed by atoms with E-state index in [4.69, 9.17) is 0 Å². The summed E-state index contributed by atoms with van der Waals surface area (Å²) in [6.45, 7) is 3.89. The molecule has 0 bridgehead atoms. The molecule has 10 heteroatoms. The molecule has 2 saturated carbocycles. The quantitative estimate of drug-likeness (QED) is 0.233. The molecule has 4 heterocycles. The van der Waals surface area contributed by atoms with Crippen molar-refractivity contribution in [2.75, 3.05) is 0 Å². The lowest BCUT2D eigenvalue weighted by atomic mass is 10.1. The number of aromatic nitrogens is 6. The molecule has 0 spiro atoms. The highest BCUT2D eigenvalue weighted by Crippen LogP contribution is 2.37. The minimum atomic E-state index is -0.329. The van der Waals surface area contributed by atoms with E-state index in [1.807, 2.05) is 26.0 Å². The highest BCUT2D eigenvalue weighted by molar-refractivity contribution is 5.78. The van der Waals surface area contributed by atoms with Gasteiger partial charge in [0.1, 0.15) is 34.1 Å².